The highest BCUT2D eigenvalue weighted by molar-refractivity contribution is 6.32. The standard InChI is InChI=1S/C14H16ClNO4/c1-20-12-7-9(4-5-11(12)15)13(17)16-6-2-3-10(8-16)14(18)19/h4-5,7,10H,2-3,6,8H2,1H3,(H,18,19)/t10-/m0/s1. The lowest BCUT2D eigenvalue weighted by atomic mass is 9.97. The van der Waals surface area contributed by atoms with Gasteiger partial charge in [0.2, 0.25) is 0 Å². The summed E-state index contributed by atoms with van der Waals surface area (Å²) in [4.78, 5) is 25.0. The van der Waals surface area contributed by atoms with Crippen molar-refractivity contribution in [3.05, 3.63) is 28.8 Å². The van der Waals surface area contributed by atoms with Gasteiger partial charge in [0.1, 0.15) is 5.75 Å². The molecule has 2 rings (SSSR count). The molecule has 1 amide bonds. The molecule has 1 atom stereocenters. The molecule has 6 heteroatoms. The topological polar surface area (TPSA) is 66.8 Å². The maximum absolute atomic E-state index is 12.4. The van der Waals surface area contributed by atoms with Crippen LogP contribution in [0.4, 0.5) is 0 Å². The Balaban J connectivity index is 2.16. The molecule has 0 aliphatic carbocycles. The van der Waals surface area contributed by atoms with Gasteiger partial charge in [-0.1, -0.05) is 11.6 Å². The lowest BCUT2D eigenvalue weighted by molar-refractivity contribution is -0.143. The van der Waals surface area contributed by atoms with E-state index in [0.717, 1.165) is 0 Å². The van der Waals surface area contributed by atoms with Crippen molar-refractivity contribution < 1.29 is 19.4 Å². The molecule has 1 aliphatic heterocycles. The Bertz CT molecular complexity index is 532. The number of methoxy groups -OCH3 is 1. The van der Waals surface area contributed by atoms with Gasteiger partial charge in [-0.05, 0) is 31.0 Å². The Kier molecular flexibility index (Phi) is 4.49. The molecular weight excluding hydrogens is 282 g/mol. The van der Waals surface area contributed by atoms with Crippen molar-refractivity contribution in [1.29, 1.82) is 0 Å². The van der Waals surface area contributed by atoms with Crippen LogP contribution < -0.4 is 4.74 Å². The van der Waals surface area contributed by atoms with Gasteiger partial charge < -0.3 is 14.7 Å². The fourth-order valence-electron chi connectivity index (χ4n) is 2.34. The number of piperidine rings is 1. The molecule has 0 bridgehead atoms. The average Bonchev–Trinajstić information content (AvgIpc) is 2.47. The van der Waals surface area contributed by atoms with Crippen molar-refractivity contribution in [2.75, 3.05) is 20.2 Å². The number of rotatable bonds is 3. The Morgan fingerprint density at radius 2 is 2.20 bits per heavy atom. The van der Waals surface area contributed by atoms with Crippen molar-refractivity contribution in [2.24, 2.45) is 5.92 Å². The molecule has 1 aliphatic rings. The van der Waals surface area contributed by atoms with Crippen LogP contribution >= 0.6 is 11.6 Å². The van der Waals surface area contributed by atoms with E-state index in [1.54, 1.807) is 23.1 Å². The lowest BCUT2D eigenvalue weighted by Crippen LogP contribution is -2.42. The molecule has 1 aromatic carbocycles. The fourth-order valence-corrected chi connectivity index (χ4v) is 2.53. The van der Waals surface area contributed by atoms with Crippen molar-refractivity contribution in [2.45, 2.75) is 12.8 Å². The van der Waals surface area contributed by atoms with E-state index in [1.165, 1.54) is 7.11 Å². The molecule has 0 aromatic heterocycles. The second kappa shape index (κ2) is 6.13. The van der Waals surface area contributed by atoms with Crippen LogP contribution in [0.1, 0.15) is 23.2 Å². The maximum Gasteiger partial charge on any atom is 0.308 e. The summed E-state index contributed by atoms with van der Waals surface area (Å²) in [7, 11) is 1.48. The van der Waals surface area contributed by atoms with E-state index >= 15 is 0 Å². The number of amides is 1. The number of carbonyl (C=O) groups is 2. The summed E-state index contributed by atoms with van der Waals surface area (Å²) < 4.78 is 5.09. The van der Waals surface area contributed by atoms with Crippen LogP contribution in [0.3, 0.4) is 0 Å². The summed E-state index contributed by atoms with van der Waals surface area (Å²) in [5, 5.41) is 9.49. The van der Waals surface area contributed by atoms with Crippen LogP contribution in [0.5, 0.6) is 5.75 Å². The van der Waals surface area contributed by atoms with Crippen LogP contribution in [-0.2, 0) is 4.79 Å². The zero-order chi connectivity index (χ0) is 14.7. The normalized spacial score (nSPS) is 18.7. The predicted octanol–water partition coefficient (Wildman–Crippen LogP) is 2.29. The molecule has 0 unspecified atom stereocenters. The number of carbonyl (C=O) groups excluding carboxylic acids is 1. The predicted molar refractivity (Wildman–Crippen MR) is 74.3 cm³/mol. The number of likely N-dealkylation sites (tertiary alicyclic amines) is 1. The highest BCUT2D eigenvalue weighted by Crippen LogP contribution is 2.26. The van der Waals surface area contributed by atoms with Crippen LogP contribution in [0.25, 0.3) is 0 Å². The smallest absolute Gasteiger partial charge is 0.308 e. The van der Waals surface area contributed by atoms with E-state index in [1.807, 2.05) is 0 Å². The highest BCUT2D eigenvalue weighted by atomic mass is 35.5. The number of carboxylic acid groups (broad SMARTS) is 1. The third kappa shape index (κ3) is 3.04. The van der Waals surface area contributed by atoms with Crippen LogP contribution in [-0.4, -0.2) is 42.1 Å². The molecule has 0 saturated carbocycles. The van der Waals surface area contributed by atoms with E-state index < -0.39 is 11.9 Å². The molecule has 0 spiro atoms. The van der Waals surface area contributed by atoms with Crippen molar-refractivity contribution >= 4 is 23.5 Å². The molecule has 1 fully saturated rings. The Morgan fingerprint density at radius 1 is 1.45 bits per heavy atom. The quantitative estimate of drug-likeness (QED) is 0.929. The summed E-state index contributed by atoms with van der Waals surface area (Å²) in [5.74, 6) is -1.09. The van der Waals surface area contributed by atoms with Crippen molar-refractivity contribution in [3.63, 3.8) is 0 Å². The Morgan fingerprint density at radius 3 is 2.85 bits per heavy atom. The minimum atomic E-state index is -0.851. The molecule has 1 N–H and O–H groups in total. The summed E-state index contributed by atoms with van der Waals surface area (Å²) in [6.45, 7) is 0.826. The fraction of sp³-hybridized carbons (Fsp3) is 0.429. The zero-order valence-corrected chi connectivity index (χ0v) is 11.9. The van der Waals surface area contributed by atoms with Crippen LogP contribution in [0, 0.1) is 5.92 Å². The van der Waals surface area contributed by atoms with Gasteiger partial charge >= 0.3 is 5.97 Å². The summed E-state index contributed by atoms with van der Waals surface area (Å²) in [5.41, 5.74) is 0.456. The van der Waals surface area contributed by atoms with E-state index in [-0.39, 0.29) is 12.5 Å². The summed E-state index contributed by atoms with van der Waals surface area (Å²) >= 11 is 5.92. The molecule has 1 heterocycles. The molecule has 0 radical (unpaired) electrons. The molecule has 1 saturated heterocycles. The second-order valence-corrected chi connectivity index (χ2v) is 5.19. The first kappa shape index (κ1) is 14.7. The van der Waals surface area contributed by atoms with E-state index in [4.69, 9.17) is 21.4 Å². The number of nitrogens with zero attached hydrogens (tertiary/aromatic N) is 1. The Labute approximate surface area is 122 Å². The van der Waals surface area contributed by atoms with E-state index in [2.05, 4.69) is 0 Å². The molecule has 20 heavy (non-hydrogen) atoms. The first-order chi connectivity index (χ1) is 9.52. The lowest BCUT2D eigenvalue weighted by Gasteiger charge is -2.30. The first-order valence-corrected chi connectivity index (χ1v) is 6.76. The maximum atomic E-state index is 12.4. The minimum Gasteiger partial charge on any atom is -0.495 e. The number of benzene rings is 1. The van der Waals surface area contributed by atoms with Gasteiger partial charge in [0.15, 0.2) is 0 Å². The molecule has 5 nitrogen and oxygen atoms in total. The van der Waals surface area contributed by atoms with E-state index in [9.17, 15) is 9.59 Å². The molecular formula is C14H16ClNO4. The first-order valence-electron chi connectivity index (χ1n) is 6.38. The average molecular weight is 298 g/mol. The molecule has 108 valence electrons. The summed E-state index contributed by atoms with van der Waals surface area (Å²) in [6, 6.07) is 4.80. The zero-order valence-electron chi connectivity index (χ0n) is 11.1. The number of carboxylic acids is 1. The highest BCUT2D eigenvalue weighted by Gasteiger charge is 2.28. The van der Waals surface area contributed by atoms with E-state index in [0.29, 0.717) is 35.7 Å². The van der Waals surface area contributed by atoms with Gasteiger partial charge in [-0.15, -0.1) is 0 Å². The third-order valence-corrected chi connectivity index (χ3v) is 3.77. The van der Waals surface area contributed by atoms with Gasteiger partial charge in [-0.3, -0.25) is 9.59 Å². The van der Waals surface area contributed by atoms with Gasteiger partial charge in [0.05, 0.1) is 18.1 Å². The molecule has 1 aromatic rings. The van der Waals surface area contributed by atoms with Crippen molar-refractivity contribution in [1.82, 2.24) is 4.90 Å². The van der Waals surface area contributed by atoms with Crippen LogP contribution in [0.2, 0.25) is 5.02 Å². The number of hydrogen-bond acceptors (Lipinski definition) is 3. The largest absolute Gasteiger partial charge is 0.495 e. The van der Waals surface area contributed by atoms with Gasteiger partial charge in [0.25, 0.3) is 5.91 Å². The van der Waals surface area contributed by atoms with Crippen molar-refractivity contribution in [3.8, 4) is 5.75 Å². The minimum absolute atomic E-state index is 0.189. The van der Waals surface area contributed by atoms with Gasteiger partial charge in [0, 0.05) is 18.7 Å². The van der Waals surface area contributed by atoms with Crippen LogP contribution in [0.15, 0.2) is 18.2 Å². The monoisotopic (exact) mass is 297 g/mol. The number of ether oxygens (including phenoxy) is 1. The SMILES string of the molecule is COc1cc(C(=O)N2CCC[C@H](C(=O)O)C2)ccc1Cl. The van der Waals surface area contributed by atoms with Gasteiger partial charge in [-0.25, -0.2) is 0 Å². The number of aliphatic carboxylic acids is 1. The van der Waals surface area contributed by atoms with Gasteiger partial charge in [-0.2, -0.15) is 0 Å². The number of halogens is 1. The number of hydrogen-bond donors (Lipinski definition) is 1. The second-order valence-electron chi connectivity index (χ2n) is 4.78. The summed E-state index contributed by atoms with van der Waals surface area (Å²) in [6.07, 6.45) is 1.32. The Hall–Kier alpha value is -1.75. The third-order valence-electron chi connectivity index (χ3n) is 3.46.